The van der Waals surface area contributed by atoms with Gasteiger partial charge in [0.2, 0.25) is 0 Å². The Balaban J connectivity index is 1.63. The molecule has 10 heteroatoms. The van der Waals surface area contributed by atoms with Crippen molar-refractivity contribution in [2.45, 2.75) is 33.2 Å². The Morgan fingerprint density at radius 1 is 1.17 bits per heavy atom. The maximum absolute atomic E-state index is 11.9. The summed E-state index contributed by atoms with van der Waals surface area (Å²) < 4.78 is 25.1. The summed E-state index contributed by atoms with van der Waals surface area (Å²) in [5.74, 6) is -1.50. The zero-order chi connectivity index (χ0) is 21.2. The summed E-state index contributed by atoms with van der Waals surface area (Å²) in [6, 6.07) is 6.85. The fraction of sp³-hybridized carbons (Fsp3) is 0.368. The lowest BCUT2D eigenvalue weighted by atomic mass is 10.2. The molecule has 1 atom stereocenters. The average Bonchev–Trinajstić information content (AvgIpc) is 3.16. The molecule has 29 heavy (non-hydrogen) atoms. The lowest BCUT2D eigenvalue weighted by Gasteiger charge is -2.10. The topological polar surface area (TPSA) is 123 Å². The van der Waals surface area contributed by atoms with Gasteiger partial charge in [0.25, 0.3) is 0 Å². The van der Waals surface area contributed by atoms with Gasteiger partial charge in [-0.25, -0.2) is 13.8 Å². The molecule has 1 aromatic heterocycles. The van der Waals surface area contributed by atoms with Crippen molar-refractivity contribution in [2.75, 3.05) is 16.8 Å². The molecule has 2 aromatic rings. The highest BCUT2D eigenvalue weighted by Crippen LogP contribution is 2.26. The second-order valence-corrected chi connectivity index (χ2v) is 9.33. The van der Waals surface area contributed by atoms with E-state index in [1.807, 2.05) is 26.0 Å². The van der Waals surface area contributed by atoms with Crippen molar-refractivity contribution < 1.29 is 18.0 Å². The molecule has 0 radical (unpaired) electrons. The summed E-state index contributed by atoms with van der Waals surface area (Å²) in [7, 11) is -3.03. The quantitative estimate of drug-likeness (QED) is 0.440. The van der Waals surface area contributed by atoms with Crippen molar-refractivity contribution in [2.24, 2.45) is 5.10 Å². The summed E-state index contributed by atoms with van der Waals surface area (Å²) in [5.41, 5.74) is 5.84. The molecule has 2 N–H and O–H groups in total. The number of rotatable bonds is 4. The fourth-order valence-corrected chi connectivity index (χ4v) is 4.91. The van der Waals surface area contributed by atoms with Crippen LogP contribution in [0.2, 0.25) is 0 Å². The van der Waals surface area contributed by atoms with Gasteiger partial charge in [0.1, 0.15) is 0 Å². The second-order valence-electron chi connectivity index (χ2n) is 7.11. The third-order valence-corrected chi connectivity index (χ3v) is 6.56. The predicted molar refractivity (Wildman–Crippen MR) is 110 cm³/mol. The minimum absolute atomic E-state index is 0.0709. The van der Waals surface area contributed by atoms with Gasteiger partial charge in [-0.15, -0.1) is 0 Å². The largest absolute Gasteiger partial charge is 0.329 e. The number of carbonyl (C=O) groups excluding carboxylic acids is 2. The smallest absolute Gasteiger partial charge is 0.318 e. The maximum atomic E-state index is 11.9. The highest BCUT2D eigenvalue weighted by molar-refractivity contribution is 7.91. The van der Waals surface area contributed by atoms with Crippen LogP contribution in [-0.4, -0.2) is 47.7 Å². The van der Waals surface area contributed by atoms with Crippen LogP contribution >= 0.6 is 0 Å². The van der Waals surface area contributed by atoms with Gasteiger partial charge >= 0.3 is 11.8 Å². The molecule has 1 fully saturated rings. The monoisotopic (exact) mass is 417 g/mol. The standard InChI is InChI=1S/C19H23N5O4S/c1-12-4-6-15(7-5-12)21-18(25)19(26)22-20-10-17-13(2)23-24(14(17)3)16-8-9-29(27,28)11-16/h4-7,10,16H,8-9,11H2,1-3H3,(H,21,25)(H,22,26)/b20-10-/t16-/m1/s1. The number of aryl methyl sites for hydroxylation is 2. The molecule has 154 valence electrons. The number of nitrogens with zero attached hydrogens (tertiary/aromatic N) is 3. The summed E-state index contributed by atoms with van der Waals surface area (Å²) in [5, 5.41) is 10.8. The highest BCUT2D eigenvalue weighted by atomic mass is 32.2. The van der Waals surface area contributed by atoms with E-state index in [0.717, 1.165) is 11.3 Å². The van der Waals surface area contributed by atoms with E-state index in [9.17, 15) is 18.0 Å². The van der Waals surface area contributed by atoms with Crippen LogP contribution in [-0.2, 0) is 19.4 Å². The lowest BCUT2D eigenvalue weighted by Crippen LogP contribution is -2.32. The number of hydrogen-bond acceptors (Lipinski definition) is 6. The SMILES string of the molecule is Cc1ccc(NC(=O)C(=O)N/N=C\c2c(C)nn([C@@H]3CCS(=O)(=O)C3)c2C)cc1. The first kappa shape index (κ1) is 20.7. The van der Waals surface area contributed by atoms with E-state index < -0.39 is 21.7 Å². The van der Waals surface area contributed by atoms with Gasteiger partial charge in [0, 0.05) is 16.9 Å². The van der Waals surface area contributed by atoms with Crippen molar-refractivity contribution in [1.29, 1.82) is 0 Å². The molecule has 1 saturated heterocycles. The minimum atomic E-state index is -3.03. The van der Waals surface area contributed by atoms with Gasteiger partial charge in [-0.1, -0.05) is 17.7 Å². The van der Waals surface area contributed by atoms with E-state index in [0.29, 0.717) is 23.4 Å². The average molecular weight is 417 g/mol. The molecular formula is C19H23N5O4S. The third kappa shape index (κ3) is 4.89. The Morgan fingerprint density at radius 3 is 2.48 bits per heavy atom. The molecule has 2 heterocycles. The molecule has 0 aliphatic carbocycles. The van der Waals surface area contributed by atoms with Crippen LogP contribution in [0.1, 0.15) is 35.0 Å². The summed E-state index contributed by atoms with van der Waals surface area (Å²) in [4.78, 5) is 23.9. The van der Waals surface area contributed by atoms with Crippen molar-refractivity contribution in [3.05, 3.63) is 46.8 Å². The molecule has 0 saturated carbocycles. The molecule has 1 aliphatic rings. The first-order valence-electron chi connectivity index (χ1n) is 9.13. The molecule has 3 rings (SSSR count). The predicted octanol–water partition coefficient (Wildman–Crippen LogP) is 1.26. The molecule has 9 nitrogen and oxygen atoms in total. The number of aromatic nitrogens is 2. The van der Waals surface area contributed by atoms with Crippen LogP contribution in [0, 0.1) is 20.8 Å². The Labute approximate surface area is 169 Å². The summed E-state index contributed by atoms with van der Waals surface area (Å²) in [6.07, 6.45) is 1.94. The van der Waals surface area contributed by atoms with E-state index in [-0.39, 0.29) is 17.5 Å². The summed E-state index contributed by atoms with van der Waals surface area (Å²) >= 11 is 0. The van der Waals surface area contributed by atoms with E-state index in [2.05, 4.69) is 20.9 Å². The molecule has 0 bridgehead atoms. The number of nitrogens with one attached hydrogen (secondary N) is 2. The van der Waals surface area contributed by atoms with E-state index >= 15 is 0 Å². The number of hydrazone groups is 1. The van der Waals surface area contributed by atoms with E-state index in [4.69, 9.17) is 0 Å². The van der Waals surface area contributed by atoms with Crippen molar-refractivity contribution in [3.63, 3.8) is 0 Å². The fourth-order valence-electron chi connectivity index (χ4n) is 3.22. The molecule has 2 amide bonds. The normalized spacial score (nSPS) is 18.1. The first-order chi connectivity index (χ1) is 13.7. The Kier molecular flexibility index (Phi) is 5.83. The first-order valence-corrected chi connectivity index (χ1v) is 11.0. The maximum Gasteiger partial charge on any atom is 0.329 e. The van der Waals surface area contributed by atoms with Crippen molar-refractivity contribution >= 4 is 33.6 Å². The number of amides is 2. The zero-order valence-corrected chi connectivity index (χ0v) is 17.3. The van der Waals surface area contributed by atoms with Gasteiger partial charge in [-0.05, 0) is 39.3 Å². The number of sulfone groups is 1. The van der Waals surface area contributed by atoms with Crippen molar-refractivity contribution in [3.8, 4) is 0 Å². The number of benzene rings is 1. The molecule has 1 aromatic carbocycles. The number of carbonyl (C=O) groups is 2. The van der Waals surface area contributed by atoms with E-state index in [1.165, 1.54) is 6.21 Å². The third-order valence-electron chi connectivity index (χ3n) is 4.81. The zero-order valence-electron chi connectivity index (χ0n) is 16.5. The van der Waals surface area contributed by atoms with Crippen LogP contribution in [0.25, 0.3) is 0 Å². The van der Waals surface area contributed by atoms with Crippen LogP contribution in [0.4, 0.5) is 5.69 Å². The van der Waals surface area contributed by atoms with Gasteiger partial charge in [0.15, 0.2) is 9.84 Å². The van der Waals surface area contributed by atoms with Crippen LogP contribution in [0.15, 0.2) is 29.4 Å². The second kappa shape index (κ2) is 8.16. The van der Waals surface area contributed by atoms with Crippen LogP contribution in [0.3, 0.4) is 0 Å². The van der Waals surface area contributed by atoms with Gasteiger partial charge in [-0.2, -0.15) is 10.2 Å². The van der Waals surface area contributed by atoms with Gasteiger partial charge in [0.05, 0.1) is 29.5 Å². The summed E-state index contributed by atoms with van der Waals surface area (Å²) in [6.45, 7) is 5.52. The Morgan fingerprint density at radius 2 is 1.86 bits per heavy atom. The highest BCUT2D eigenvalue weighted by Gasteiger charge is 2.31. The van der Waals surface area contributed by atoms with Gasteiger partial charge in [-0.3, -0.25) is 14.3 Å². The van der Waals surface area contributed by atoms with Crippen LogP contribution < -0.4 is 10.7 Å². The van der Waals surface area contributed by atoms with Gasteiger partial charge < -0.3 is 5.32 Å². The molecule has 0 unspecified atom stereocenters. The lowest BCUT2D eigenvalue weighted by molar-refractivity contribution is -0.136. The Bertz CT molecular complexity index is 1070. The molecule has 1 aliphatic heterocycles. The van der Waals surface area contributed by atoms with E-state index in [1.54, 1.807) is 23.7 Å². The van der Waals surface area contributed by atoms with Crippen LogP contribution in [0.5, 0.6) is 0 Å². The Hall–Kier alpha value is -3.01. The number of anilines is 1. The molecular weight excluding hydrogens is 394 g/mol. The molecule has 0 spiro atoms. The minimum Gasteiger partial charge on any atom is -0.318 e. The number of hydrogen-bond donors (Lipinski definition) is 2. The van der Waals surface area contributed by atoms with Crippen molar-refractivity contribution in [1.82, 2.24) is 15.2 Å².